The Morgan fingerprint density at radius 2 is 1.73 bits per heavy atom. The molecule has 22 heavy (non-hydrogen) atoms. The molecule has 0 radical (unpaired) electrons. The molecule has 2 aromatic rings. The molecule has 0 aromatic heterocycles. The minimum absolute atomic E-state index is 0.101. The van der Waals surface area contributed by atoms with Crippen LogP contribution < -0.4 is 10.1 Å². The molecule has 2 nitrogen and oxygen atoms in total. The first kappa shape index (κ1) is 16.5. The molecule has 2 aromatic carbocycles. The number of benzene rings is 2. The molecule has 0 saturated carbocycles. The van der Waals surface area contributed by atoms with Crippen molar-refractivity contribution in [1.29, 1.82) is 0 Å². The zero-order valence-corrected chi connectivity index (χ0v) is 13.5. The quantitative estimate of drug-likeness (QED) is 0.801. The van der Waals surface area contributed by atoms with Gasteiger partial charge in [-0.3, -0.25) is 0 Å². The molecule has 2 rings (SSSR count). The smallest absolute Gasteiger partial charge is 0.124 e. The molecule has 0 bridgehead atoms. The monoisotopic (exact) mass is 301 g/mol. The molecule has 3 heteroatoms. The van der Waals surface area contributed by atoms with Gasteiger partial charge in [0, 0.05) is 17.6 Å². The van der Waals surface area contributed by atoms with E-state index < -0.39 is 0 Å². The average molecular weight is 301 g/mol. The van der Waals surface area contributed by atoms with Crippen molar-refractivity contribution in [3.63, 3.8) is 0 Å². The number of para-hydroxylation sites is 1. The summed E-state index contributed by atoms with van der Waals surface area (Å²) in [4.78, 5) is 0. The minimum atomic E-state index is -0.227. The molecule has 0 spiro atoms. The summed E-state index contributed by atoms with van der Waals surface area (Å²) in [5.41, 5.74) is 2.19. The van der Waals surface area contributed by atoms with Crippen molar-refractivity contribution in [3.05, 3.63) is 65.5 Å². The molecule has 0 atom stereocenters. The van der Waals surface area contributed by atoms with Gasteiger partial charge in [0.2, 0.25) is 0 Å². The summed E-state index contributed by atoms with van der Waals surface area (Å²) >= 11 is 0. The van der Waals surface area contributed by atoms with Crippen LogP contribution in [0.2, 0.25) is 0 Å². The largest absolute Gasteiger partial charge is 0.489 e. The van der Waals surface area contributed by atoms with Gasteiger partial charge < -0.3 is 10.1 Å². The minimum Gasteiger partial charge on any atom is -0.489 e. The third-order valence-corrected chi connectivity index (χ3v) is 3.92. The molecule has 118 valence electrons. The van der Waals surface area contributed by atoms with Gasteiger partial charge in [-0.1, -0.05) is 37.3 Å². The van der Waals surface area contributed by atoms with Crippen LogP contribution in [0.15, 0.2) is 48.5 Å². The fourth-order valence-corrected chi connectivity index (χ4v) is 1.99. The van der Waals surface area contributed by atoms with Crippen LogP contribution in [-0.2, 0) is 13.2 Å². The highest BCUT2D eigenvalue weighted by molar-refractivity contribution is 5.33. The van der Waals surface area contributed by atoms with Crippen LogP contribution in [0.25, 0.3) is 0 Å². The van der Waals surface area contributed by atoms with Gasteiger partial charge in [-0.05, 0) is 44.0 Å². The van der Waals surface area contributed by atoms with Crippen molar-refractivity contribution in [2.24, 2.45) is 0 Å². The van der Waals surface area contributed by atoms with Crippen LogP contribution in [0.3, 0.4) is 0 Å². The van der Waals surface area contributed by atoms with E-state index in [1.54, 1.807) is 12.1 Å². The zero-order valence-electron chi connectivity index (χ0n) is 13.5. The summed E-state index contributed by atoms with van der Waals surface area (Å²) in [5.74, 6) is 0.640. The molecule has 0 fully saturated rings. The fraction of sp³-hybridized carbons (Fsp3) is 0.368. The molecular weight excluding hydrogens is 277 g/mol. The topological polar surface area (TPSA) is 21.3 Å². The van der Waals surface area contributed by atoms with Gasteiger partial charge in [-0.25, -0.2) is 4.39 Å². The first-order chi connectivity index (χ1) is 10.5. The first-order valence-electron chi connectivity index (χ1n) is 7.70. The number of halogens is 1. The number of hydrogen-bond donors (Lipinski definition) is 1. The maximum Gasteiger partial charge on any atom is 0.124 e. The Morgan fingerprint density at radius 1 is 1.05 bits per heavy atom. The average Bonchev–Trinajstić information content (AvgIpc) is 2.53. The van der Waals surface area contributed by atoms with Crippen LogP contribution in [-0.4, -0.2) is 5.54 Å². The van der Waals surface area contributed by atoms with Gasteiger partial charge >= 0.3 is 0 Å². The molecule has 1 N–H and O–H groups in total. The highest BCUT2D eigenvalue weighted by Gasteiger charge is 2.14. The maximum atomic E-state index is 12.9. The van der Waals surface area contributed by atoms with Gasteiger partial charge in [-0.2, -0.15) is 0 Å². The van der Waals surface area contributed by atoms with E-state index in [0.717, 1.165) is 29.8 Å². The lowest BCUT2D eigenvalue weighted by molar-refractivity contribution is 0.298. The second kappa shape index (κ2) is 7.41. The van der Waals surface area contributed by atoms with Crippen LogP contribution in [0.1, 0.15) is 38.3 Å². The third-order valence-electron chi connectivity index (χ3n) is 3.92. The van der Waals surface area contributed by atoms with Crippen molar-refractivity contribution in [1.82, 2.24) is 5.32 Å². The summed E-state index contributed by atoms with van der Waals surface area (Å²) in [7, 11) is 0. The number of rotatable bonds is 7. The Hall–Kier alpha value is -1.87. The summed E-state index contributed by atoms with van der Waals surface area (Å²) < 4.78 is 18.8. The third kappa shape index (κ3) is 4.85. The van der Waals surface area contributed by atoms with Crippen molar-refractivity contribution in [3.8, 4) is 5.75 Å². The normalized spacial score (nSPS) is 11.5. The van der Waals surface area contributed by atoms with Crippen molar-refractivity contribution in [2.45, 2.75) is 45.9 Å². The highest BCUT2D eigenvalue weighted by Crippen LogP contribution is 2.20. The molecular formula is C19H24FNO. The van der Waals surface area contributed by atoms with Gasteiger partial charge in [0.05, 0.1) is 0 Å². The van der Waals surface area contributed by atoms with Crippen LogP contribution >= 0.6 is 0 Å². The standard InChI is InChI=1S/C19H24FNO/c1-4-19(2,3)21-13-16-7-5-6-8-18(16)22-14-15-9-11-17(20)12-10-15/h5-12,21H,4,13-14H2,1-3H3. The van der Waals surface area contributed by atoms with E-state index in [1.807, 2.05) is 18.2 Å². The van der Waals surface area contributed by atoms with E-state index >= 15 is 0 Å². The van der Waals surface area contributed by atoms with E-state index in [2.05, 4.69) is 32.2 Å². The van der Waals surface area contributed by atoms with Crippen LogP contribution in [0, 0.1) is 5.82 Å². The summed E-state index contributed by atoms with van der Waals surface area (Å²) in [5, 5.41) is 3.54. The number of nitrogens with one attached hydrogen (secondary N) is 1. The van der Waals surface area contributed by atoms with E-state index in [9.17, 15) is 4.39 Å². The van der Waals surface area contributed by atoms with Crippen molar-refractivity contribution >= 4 is 0 Å². The maximum absolute atomic E-state index is 12.9. The molecule has 0 unspecified atom stereocenters. The van der Waals surface area contributed by atoms with Gasteiger partial charge in [-0.15, -0.1) is 0 Å². The fourth-order valence-electron chi connectivity index (χ4n) is 1.99. The Balaban J connectivity index is 2.00. The second-order valence-corrected chi connectivity index (χ2v) is 6.11. The highest BCUT2D eigenvalue weighted by atomic mass is 19.1. The second-order valence-electron chi connectivity index (χ2n) is 6.11. The van der Waals surface area contributed by atoms with E-state index in [-0.39, 0.29) is 11.4 Å². The van der Waals surface area contributed by atoms with E-state index in [0.29, 0.717) is 6.61 Å². The summed E-state index contributed by atoms with van der Waals surface area (Å²) in [6.45, 7) is 7.75. The van der Waals surface area contributed by atoms with E-state index in [4.69, 9.17) is 4.74 Å². The SMILES string of the molecule is CCC(C)(C)NCc1ccccc1OCc1ccc(F)cc1. The molecule has 0 aliphatic heterocycles. The summed E-state index contributed by atoms with van der Waals surface area (Å²) in [6, 6.07) is 14.4. The molecule has 0 heterocycles. The molecule has 0 aliphatic carbocycles. The lowest BCUT2D eigenvalue weighted by atomic mass is 10.0. The Bertz CT molecular complexity index is 593. The Kier molecular flexibility index (Phi) is 5.56. The molecule has 0 aliphatic rings. The van der Waals surface area contributed by atoms with Gasteiger partial charge in [0.15, 0.2) is 0 Å². The van der Waals surface area contributed by atoms with Gasteiger partial charge in [0.25, 0.3) is 0 Å². The molecule has 0 amide bonds. The molecule has 0 saturated heterocycles. The van der Waals surface area contributed by atoms with E-state index in [1.165, 1.54) is 12.1 Å². The predicted molar refractivity (Wildman–Crippen MR) is 88.4 cm³/mol. The Labute approximate surface area is 132 Å². The zero-order chi connectivity index (χ0) is 16.0. The van der Waals surface area contributed by atoms with Crippen molar-refractivity contribution in [2.75, 3.05) is 0 Å². The lowest BCUT2D eigenvalue weighted by Crippen LogP contribution is -2.37. The number of ether oxygens (including phenoxy) is 1. The van der Waals surface area contributed by atoms with Crippen LogP contribution in [0.5, 0.6) is 5.75 Å². The lowest BCUT2D eigenvalue weighted by Gasteiger charge is -2.25. The van der Waals surface area contributed by atoms with Crippen molar-refractivity contribution < 1.29 is 9.13 Å². The Morgan fingerprint density at radius 3 is 2.41 bits per heavy atom. The van der Waals surface area contributed by atoms with Crippen LogP contribution in [0.4, 0.5) is 4.39 Å². The first-order valence-corrected chi connectivity index (χ1v) is 7.70. The van der Waals surface area contributed by atoms with Gasteiger partial charge in [0.1, 0.15) is 18.2 Å². The summed E-state index contributed by atoms with van der Waals surface area (Å²) in [6.07, 6.45) is 1.06. The number of hydrogen-bond acceptors (Lipinski definition) is 2. The predicted octanol–water partition coefficient (Wildman–Crippen LogP) is 4.68.